The van der Waals surface area contributed by atoms with Gasteiger partial charge in [-0.25, -0.2) is 9.07 Å². The maximum absolute atomic E-state index is 14.1. The highest BCUT2D eigenvalue weighted by Crippen LogP contribution is 2.30. The molecule has 1 N–H and O–H groups in total. The van der Waals surface area contributed by atoms with Crippen molar-refractivity contribution in [1.82, 2.24) is 9.78 Å². The monoisotopic (exact) mass is 335 g/mol. The first kappa shape index (κ1) is 15.9. The number of nitrogens with one attached hydrogen (secondary N) is 1. The second-order valence-corrected chi connectivity index (χ2v) is 6.68. The van der Waals surface area contributed by atoms with Crippen LogP contribution in [-0.4, -0.2) is 16.3 Å². The molecule has 0 saturated carbocycles. The zero-order valence-electron chi connectivity index (χ0n) is 14.4. The molecule has 3 aromatic rings. The molecule has 3 nitrogen and oxygen atoms in total. The van der Waals surface area contributed by atoms with E-state index in [1.165, 1.54) is 17.2 Å². The van der Waals surface area contributed by atoms with Gasteiger partial charge in [0.05, 0.1) is 11.4 Å². The predicted octanol–water partition coefficient (Wildman–Crippen LogP) is 4.66. The number of fused-ring (bicyclic) bond motifs is 1. The number of anilines is 1. The summed E-state index contributed by atoms with van der Waals surface area (Å²) in [6.07, 6.45) is 3.78. The lowest BCUT2D eigenvalue weighted by Gasteiger charge is -2.09. The van der Waals surface area contributed by atoms with Gasteiger partial charge in [0.1, 0.15) is 11.6 Å². The number of hydrogen-bond acceptors (Lipinski definition) is 2. The van der Waals surface area contributed by atoms with Gasteiger partial charge >= 0.3 is 0 Å². The number of nitrogens with zero attached hydrogens (tertiary/aromatic N) is 2. The Balaban J connectivity index is 1.81. The largest absolute Gasteiger partial charge is 0.370 e. The molecule has 0 saturated heterocycles. The first-order chi connectivity index (χ1) is 12.2. The van der Waals surface area contributed by atoms with Gasteiger partial charge in [0.25, 0.3) is 0 Å². The van der Waals surface area contributed by atoms with Crippen molar-refractivity contribution in [3.8, 4) is 5.69 Å². The van der Waals surface area contributed by atoms with E-state index in [4.69, 9.17) is 5.10 Å². The molecule has 0 amide bonds. The van der Waals surface area contributed by atoms with E-state index in [2.05, 4.69) is 30.4 Å². The van der Waals surface area contributed by atoms with E-state index in [0.29, 0.717) is 12.0 Å². The Hall–Kier alpha value is -2.62. The molecule has 0 unspecified atom stereocenters. The van der Waals surface area contributed by atoms with Crippen molar-refractivity contribution in [2.45, 2.75) is 32.6 Å². The average molecular weight is 335 g/mol. The summed E-state index contributed by atoms with van der Waals surface area (Å²) >= 11 is 0. The highest BCUT2D eigenvalue weighted by molar-refractivity contribution is 5.55. The number of benzene rings is 2. The lowest BCUT2D eigenvalue weighted by molar-refractivity contribution is 0.612. The average Bonchev–Trinajstić information content (AvgIpc) is 2.79. The van der Waals surface area contributed by atoms with E-state index >= 15 is 0 Å². The zero-order valence-corrected chi connectivity index (χ0v) is 14.4. The van der Waals surface area contributed by atoms with Crippen LogP contribution in [0.4, 0.5) is 10.2 Å². The molecule has 1 aliphatic heterocycles. The minimum absolute atomic E-state index is 0.164. The Kier molecular flexibility index (Phi) is 4.26. The van der Waals surface area contributed by atoms with Gasteiger partial charge < -0.3 is 5.32 Å². The smallest absolute Gasteiger partial charge is 0.133 e. The fourth-order valence-electron chi connectivity index (χ4n) is 3.48. The van der Waals surface area contributed by atoms with E-state index in [1.54, 1.807) is 6.07 Å². The highest BCUT2D eigenvalue weighted by Gasteiger charge is 2.21. The molecule has 128 valence electrons. The van der Waals surface area contributed by atoms with Crippen molar-refractivity contribution >= 4 is 5.82 Å². The Morgan fingerprint density at radius 1 is 1.12 bits per heavy atom. The normalized spacial score (nSPS) is 13.8. The third-order valence-corrected chi connectivity index (χ3v) is 4.77. The van der Waals surface area contributed by atoms with Crippen LogP contribution in [0.3, 0.4) is 0 Å². The topological polar surface area (TPSA) is 29.9 Å². The molecule has 4 heteroatoms. The van der Waals surface area contributed by atoms with Crippen molar-refractivity contribution in [1.29, 1.82) is 0 Å². The lowest BCUT2D eigenvalue weighted by Crippen LogP contribution is -2.07. The molecule has 0 fully saturated rings. The SMILES string of the molecule is Cc1cccc(-n2nc(Cc3ccccc3F)c3c2NCCCC3)c1. The van der Waals surface area contributed by atoms with Crippen LogP contribution in [0.2, 0.25) is 0 Å². The molecular weight excluding hydrogens is 313 g/mol. The summed E-state index contributed by atoms with van der Waals surface area (Å²) in [5, 5.41) is 8.41. The zero-order chi connectivity index (χ0) is 17.2. The van der Waals surface area contributed by atoms with Gasteiger partial charge in [-0.15, -0.1) is 0 Å². The Labute approximate surface area is 147 Å². The van der Waals surface area contributed by atoms with Crippen LogP contribution in [0.15, 0.2) is 48.5 Å². The molecule has 25 heavy (non-hydrogen) atoms. The highest BCUT2D eigenvalue weighted by atomic mass is 19.1. The van der Waals surface area contributed by atoms with Crippen molar-refractivity contribution in [2.24, 2.45) is 0 Å². The Morgan fingerprint density at radius 2 is 2.00 bits per heavy atom. The second-order valence-electron chi connectivity index (χ2n) is 6.68. The lowest BCUT2D eigenvalue weighted by atomic mass is 10.0. The molecule has 1 aliphatic rings. The van der Waals surface area contributed by atoms with E-state index in [1.807, 2.05) is 22.9 Å². The third-order valence-electron chi connectivity index (χ3n) is 4.77. The molecule has 1 aromatic heterocycles. The van der Waals surface area contributed by atoms with Crippen LogP contribution in [0.1, 0.15) is 35.2 Å². The maximum atomic E-state index is 14.1. The first-order valence-electron chi connectivity index (χ1n) is 8.87. The fourth-order valence-corrected chi connectivity index (χ4v) is 3.48. The minimum Gasteiger partial charge on any atom is -0.370 e. The van der Waals surface area contributed by atoms with Crippen LogP contribution in [-0.2, 0) is 12.8 Å². The number of aryl methyl sites for hydroxylation is 1. The van der Waals surface area contributed by atoms with Gasteiger partial charge in [-0.2, -0.15) is 5.10 Å². The molecule has 0 spiro atoms. The molecule has 4 rings (SSSR count). The van der Waals surface area contributed by atoms with Crippen LogP contribution in [0.5, 0.6) is 0 Å². The molecule has 2 heterocycles. The predicted molar refractivity (Wildman–Crippen MR) is 98.9 cm³/mol. The molecule has 0 radical (unpaired) electrons. The maximum Gasteiger partial charge on any atom is 0.133 e. The van der Waals surface area contributed by atoms with Crippen LogP contribution < -0.4 is 5.32 Å². The van der Waals surface area contributed by atoms with E-state index in [-0.39, 0.29) is 5.82 Å². The van der Waals surface area contributed by atoms with Gasteiger partial charge in [0.2, 0.25) is 0 Å². The summed E-state index contributed by atoms with van der Waals surface area (Å²) in [6, 6.07) is 15.3. The standard InChI is InChI=1S/C21H22FN3/c1-15-7-6-9-17(13-15)25-21-18(10-4-5-12-23-21)20(24-25)14-16-8-2-3-11-19(16)22/h2-3,6-9,11,13,23H,4-5,10,12,14H2,1H3. The summed E-state index contributed by atoms with van der Waals surface area (Å²) in [5.41, 5.74) is 5.14. The molecule has 0 atom stereocenters. The van der Waals surface area contributed by atoms with Gasteiger partial charge in [-0.3, -0.25) is 0 Å². The quantitative estimate of drug-likeness (QED) is 0.754. The third kappa shape index (κ3) is 3.16. The minimum atomic E-state index is -0.164. The Morgan fingerprint density at radius 3 is 2.84 bits per heavy atom. The summed E-state index contributed by atoms with van der Waals surface area (Å²) in [4.78, 5) is 0. The number of hydrogen-bond donors (Lipinski definition) is 1. The number of halogens is 1. The fraction of sp³-hybridized carbons (Fsp3) is 0.286. The van der Waals surface area contributed by atoms with E-state index in [9.17, 15) is 4.39 Å². The van der Waals surface area contributed by atoms with Crippen molar-refractivity contribution in [3.63, 3.8) is 0 Å². The van der Waals surface area contributed by atoms with Crippen molar-refractivity contribution in [2.75, 3.05) is 11.9 Å². The summed E-state index contributed by atoms with van der Waals surface area (Å²) in [6.45, 7) is 3.03. The Bertz CT molecular complexity index is 898. The summed E-state index contributed by atoms with van der Waals surface area (Å²) in [7, 11) is 0. The molecule has 0 bridgehead atoms. The van der Waals surface area contributed by atoms with Gasteiger partial charge in [0.15, 0.2) is 0 Å². The van der Waals surface area contributed by atoms with E-state index in [0.717, 1.165) is 43.0 Å². The molecule has 2 aromatic carbocycles. The first-order valence-corrected chi connectivity index (χ1v) is 8.87. The summed E-state index contributed by atoms with van der Waals surface area (Å²) < 4.78 is 16.1. The molecular formula is C21H22FN3. The number of aromatic nitrogens is 2. The van der Waals surface area contributed by atoms with Crippen LogP contribution in [0.25, 0.3) is 5.69 Å². The van der Waals surface area contributed by atoms with Gasteiger partial charge in [-0.05, 0) is 55.5 Å². The van der Waals surface area contributed by atoms with Gasteiger partial charge in [-0.1, -0.05) is 30.3 Å². The van der Waals surface area contributed by atoms with E-state index < -0.39 is 0 Å². The van der Waals surface area contributed by atoms with Gasteiger partial charge in [0, 0.05) is 18.5 Å². The second kappa shape index (κ2) is 6.71. The number of rotatable bonds is 3. The van der Waals surface area contributed by atoms with Crippen LogP contribution >= 0.6 is 0 Å². The van der Waals surface area contributed by atoms with Crippen molar-refractivity contribution in [3.05, 3.63) is 76.7 Å². The van der Waals surface area contributed by atoms with Crippen LogP contribution in [0, 0.1) is 12.7 Å². The molecule has 0 aliphatic carbocycles. The summed E-state index contributed by atoms with van der Waals surface area (Å²) in [5.74, 6) is 0.900. The van der Waals surface area contributed by atoms with Crippen molar-refractivity contribution < 1.29 is 4.39 Å².